The zero-order valence-corrected chi connectivity index (χ0v) is 8.42. The van der Waals surface area contributed by atoms with Gasteiger partial charge in [0.2, 0.25) is 0 Å². The maximum Gasteiger partial charge on any atom is 0.320 e. The van der Waals surface area contributed by atoms with Crippen LogP contribution in [0.25, 0.3) is 0 Å². The molecule has 3 heteroatoms. The normalized spacial score (nSPS) is 21.1. The number of nitrogens with one attached hydrogen (secondary N) is 1. The molecule has 0 heterocycles. The molecule has 0 saturated heterocycles. The van der Waals surface area contributed by atoms with Crippen molar-refractivity contribution in [3.63, 3.8) is 0 Å². The van der Waals surface area contributed by atoms with Crippen LogP contribution in [0, 0.1) is 5.92 Å². The third kappa shape index (κ3) is 3.77. The van der Waals surface area contributed by atoms with Crippen LogP contribution in [0.15, 0.2) is 0 Å². The SMILES string of the molecule is CCC(CC1CC1)NC(C)C(=O)O. The summed E-state index contributed by atoms with van der Waals surface area (Å²) in [6.07, 6.45) is 4.83. The van der Waals surface area contributed by atoms with Crippen LogP contribution in [0.5, 0.6) is 0 Å². The number of aliphatic carboxylic acids is 1. The van der Waals surface area contributed by atoms with Gasteiger partial charge in [-0.25, -0.2) is 0 Å². The molecule has 0 aromatic heterocycles. The highest BCUT2D eigenvalue weighted by Gasteiger charge is 2.26. The minimum atomic E-state index is -0.755. The average molecular weight is 185 g/mol. The predicted molar refractivity (Wildman–Crippen MR) is 51.7 cm³/mol. The van der Waals surface area contributed by atoms with Crippen molar-refractivity contribution >= 4 is 5.97 Å². The summed E-state index contributed by atoms with van der Waals surface area (Å²) in [5.74, 6) is 0.104. The summed E-state index contributed by atoms with van der Waals surface area (Å²) in [6, 6.07) is -0.0256. The highest BCUT2D eigenvalue weighted by atomic mass is 16.4. The molecule has 1 aliphatic carbocycles. The quantitative estimate of drug-likeness (QED) is 0.661. The van der Waals surface area contributed by atoms with E-state index in [2.05, 4.69) is 12.2 Å². The van der Waals surface area contributed by atoms with Gasteiger partial charge in [0.15, 0.2) is 0 Å². The van der Waals surface area contributed by atoms with Crippen molar-refractivity contribution in [1.82, 2.24) is 5.32 Å². The van der Waals surface area contributed by atoms with Crippen LogP contribution >= 0.6 is 0 Å². The van der Waals surface area contributed by atoms with E-state index >= 15 is 0 Å². The Kier molecular flexibility index (Phi) is 3.72. The maximum absolute atomic E-state index is 10.6. The van der Waals surface area contributed by atoms with Crippen molar-refractivity contribution in [3.8, 4) is 0 Å². The van der Waals surface area contributed by atoms with Gasteiger partial charge in [0.05, 0.1) is 0 Å². The molecule has 1 rings (SSSR count). The predicted octanol–water partition coefficient (Wildman–Crippen LogP) is 1.63. The summed E-state index contributed by atoms with van der Waals surface area (Å²) in [7, 11) is 0. The molecule has 2 N–H and O–H groups in total. The monoisotopic (exact) mass is 185 g/mol. The van der Waals surface area contributed by atoms with Crippen LogP contribution in [0.2, 0.25) is 0 Å². The fraction of sp³-hybridized carbons (Fsp3) is 0.900. The van der Waals surface area contributed by atoms with E-state index in [9.17, 15) is 4.79 Å². The molecule has 0 aromatic rings. The molecule has 13 heavy (non-hydrogen) atoms. The molecule has 0 spiro atoms. The van der Waals surface area contributed by atoms with Crippen LogP contribution in [0.4, 0.5) is 0 Å². The first kappa shape index (κ1) is 10.5. The second-order valence-corrected chi connectivity index (χ2v) is 4.01. The van der Waals surface area contributed by atoms with Crippen molar-refractivity contribution in [2.75, 3.05) is 0 Å². The maximum atomic E-state index is 10.6. The highest BCUT2D eigenvalue weighted by molar-refractivity contribution is 5.72. The van der Waals surface area contributed by atoms with Gasteiger partial charge in [0, 0.05) is 6.04 Å². The Morgan fingerprint density at radius 2 is 2.23 bits per heavy atom. The van der Waals surface area contributed by atoms with E-state index < -0.39 is 12.0 Å². The van der Waals surface area contributed by atoms with Crippen molar-refractivity contribution in [2.45, 2.75) is 51.6 Å². The number of hydrogen-bond donors (Lipinski definition) is 2. The lowest BCUT2D eigenvalue weighted by Crippen LogP contribution is -2.41. The second-order valence-electron chi connectivity index (χ2n) is 4.01. The number of rotatable bonds is 6. The Morgan fingerprint density at radius 3 is 2.62 bits per heavy atom. The van der Waals surface area contributed by atoms with Crippen molar-refractivity contribution in [3.05, 3.63) is 0 Å². The minimum Gasteiger partial charge on any atom is -0.480 e. The minimum absolute atomic E-state index is 0.388. The largest absolute Gasteiger partial charge is 0.480 e. The van der Waals surface area contributed by atoms with Gasteiger partial charge in [-0.3, -0.25) is 4.79 Å². The molecule has 2 atom stereocenters. The van der Waals surface area contributed by atoms with E-state index in [1.54, 1.807) is 6.92 Å². The van der Waals surface area contributed by atoms with Crippen LogP contribution < -0.4 is 5.32 Å². The van der Waals surface area contributed by atoms with Crippen LogP contribution in [0.3, 0.4) is 0 Å². The summed E-state index contributed by atoms with van der Waals surface area (Å²) in [5.41, 5.74) is 0. The number of carboxylic acids is 1. The Balaban J connectivity index is 2.24. The van der Waals surface area contributed by atoms with E-state index in [1.807, 2.05) is 0 Å². The molecule has 0 bridgehead atoms. The summed E-state index contributed by atoms with van der Waals surface area (Å²) < 4.78 is 0. The van der Waals surface area contributed by atoms with E-state index in [0.29, 0.717) is 6.04 Å². The molecule has 1 aliphatic rings. The third-order valence-corrected chi connectivity index (χ3v) is 2.66. The summed E-state index contributed by atoms with van der Waals surface area (Å²) in [4.78, 5) is 10.6. The number of carbonyl (C=O) groups is 1. The van der Waals surface area contributed by atoms with Gasteiger partial charge >= 0.3 is 5.97 Å². The molecule has 2 unspecified atom stereocenters. The second kappa shape index (κ2) is 4.61. The molecule has 76 valence electrons. The first-order valence-corrected chi connectivity index (χ1v) is 5.12. The van der Waals surface area contributed by atoms with E-state index in [4.69, 9.17) is 5.11 Å². The fourth-order valence-corrected chi connectivity index (χ4v) is 1.53. The van der Waals surface area contributed by atoms with E-state index in [0.717, 1.165) is 18.8 Å². The van der Waals surface area contributed by atoms with Crippen LogP contribution in [-0.2, 0) is 4.79 Å². The van der Waals surface area contributed by atoms with Crippen molar-refractivity contribution in [1.29, 1.82) is 0 Å². The van der Waals surface area contributed by atoms with Gasteiger partial charge in [0.25, 0.3) is 0 Å². The Bertz CT molecular complexity index is 178. The first-order chi connectivity index (χ1) is 6.13. The molecule has 1 saturated carbocycles. The van der Waals surface area contributed by atoms with Gasteiger partial charge < -0.3 is 10.4 Å². The van der Waals surface area contributed by atoms with Gasteiger partial charge in [-0.05, 0) is 25.7 Å². The Hall–Kier alpha value is -0.570. The molecule has 0 aliphatic heterocycles. The van der Waals surface area contributed by atoms with Gasteiger partial charge in [-0.2, -0.15) is 0 Å². The smallest absolute Gasteiger partial charge is 0.320 e. The number of carboxylic acid groups (broad SMARTS) is 1. The summed E-state index contributed by atoms with van der Waals surface area (Å²) in [6.45, 7) is 3.81. The Morgan fingerprint density at radius 1 is 1.62 bits per heavy atom. The fourth-order valence-electron chi connectivity index (χ4n) is 1.53. The average Bonchev–Trinajstić information content (AvgIpc) is 2.86. The molecular weight excluding hydrogens is 166 g/mol. The molecule has 0 radical (unpaired) electrons. The lowest BCUT2D eigenvalue weighted by Gasteiger charge is -2.19. The first-order valence-electron chi connectivity index (χ1n) is 5.12. The van der Waals surface area contributed by atoms with E-state index in [1.165, 1.54) is 12.8 Å². The molecule has 3 nitrogen and oxygen atoms in total. The lowest BCUT2D eigenvalue weighted by molar-refractivity contribution is -0.139. The zero-order chi connectivity index (χ0) is 9.84. The van der Waals surface area contributed by atoms with E-state index in [-0.39, 0.29) is 0 Å². The third-order valence-electron chi connectivity index (χ3n) is 2.66. The topological polar surface area (TPSA) is 49.3 Å². The van der Waals surface area contributed by atoms with Crippen LogP contribution in [-0.4, -0.2) is 23.2 Å². The van der Waals surface area contributed by atoms with Gasteiger partial charge in [-0.15, -0.1) is 0 Å². The van der Waals surface area contributed by atoms with Gasteiger partial charge in [0.1, 0.15) is 6.04 Å². The molecular formula is C10H19NO2. The molecule has 0 aromatic carbocycles. The highest BCUT2D eigenvalue weighted by Crippen LogP contribution is 2.34. The Labute approximate surface area is 79.5 Å². The molecule has 1 fully saturated rings. The zero-order valence-electron chi connectivity index (χ0n) is 8.42. The molecule has 0 amide bonds. The van der Waals surface area contributed by atoms with Crippen LogP contribution in [0.1, 0.15) is 39.5 Å². The number of hydrogen-bond acceptors (Lipinski definition) is 2. The standard InChI is InChI=1S/C10H19NO2/c1-3-9(6-8-4-5-8)11-7(2)10(12)13/h7-9,11H,3-6H2,1-2H3,(H,12,13). The summed E-state index contributed by atoms with van der Waals surface area (Å²) >= 11 is 0. The summed E-state index contributed by atoms with van der Waals surface area (Å²) in [5, 5.41) is 11.9. The van der Waals surface area contributed by atoms with Gasteiger partial charge in [-0.1, -0.05) is 19.8 Å². The lowest BCUT2D eigenvalue weighted by atomic mass is 10.1. The van der Waals surface area contributed by atoms with Crippen molar-refractivity contribution < 1.29 is 9.90 Å². The van der Waals surface area contributed by atoms with Crippen molar-refractivity contribution in [2.24, 2.45) is 5.92 Å².